The van der Waals surface area contributed by atoms with Crippen LogP contribution in [0.4, 0.5) is 5.69 Å². The van der Waals surface area contributed by atoms with Gasteiger partial charge >= 0.3 is 0 Å². The Balaban J connectivity index is 2.99. The van der Waals surface area contributed by atoms with Crippen LogP contribution in [-0.4, -0.2) is 17.4 Å². The maximum atomic E-state index is 11.2. The Kier molecular flexibility index (Phi) is 3.92. The molecule has 3 N–H and O–H groups in total. The molecule has 0 aromatic carbocycles. The number of nitrogens with zero attached hydrogens (tertiary/aromatic N) is 2. The average Bonchev–Trinajstić information content (AvgIpc) is 2.25. The SMILES string of the molecule is Cc1cc(NCC(C)(C)C(N)=O)c(C#N)c(C)n1. The molecular weight excluding hydrogens is 228 g/mol. The van der Waals surface area contributed by atoms with E-state index in [1.54, 1.807) is 26.8 Å². The molecular formula is C13H18N4O. The maximum Gasteiger partial charge on any atom is 0.224 e. The van der Waals surface area contributed by atoms with E-state index in [4.69, 9.17) is 11.0 Å². The van der Waals surface area contributed by atoms with Crippen molar-refractivity contribution in [2.75, 3.05) is 11.9 Å². The van der Waals surface area contributed by atoms with Gasteiger partial charge in [0.1, 0.15) is 6.07 Å². The number of primary amides is 1. The Morgan fingerprint density at radius 2 is 2.17 bits per heavy atom. The van der Waals surface area contributed by atoms with Crippen LogP contribution in [0.25, 0.3) is 0 Å². The van der Waals surface area contributed by atoms with Gasteiger partial charge in [-0.1, -0.05) is 0 Å². The van der Waals surface area contributed by atoms with E-state index < -0.39 is 5.41 Å². The van der Waals surface area contributed by atoms with Crippen LogP contribution >= 0.6 is 0 Å². The number of anilines is 1. The smallest absolute Gasteiger partial charge is 0.224 e. The summed E-state index contributed by atoms with van der Waals surface area (Å²) in [4.78, 5) is 15.5. The zero-order valence-corrected chi connectivity index (χ0v) is 11.2. The predicted octanol–water partition coefficient (Wildman–Crippen LogP) is 1.49. The van der Waals surface area contributed by atoms with E-state index in [0.717, 1.165) is 5.69 Å². The topological polar surface area (TPSA) is 91.8 Å². The highest BCUT2D eigenvalue weighted by Gasteiger charge is 2.25. The molecule has 96 valence electrons. The largest absolute Gasteiger partial charge is 0.383 e. The van der Waals surface area contributed by atoms with Gasteiger partial charge in [-0.15, -0.1) is 0 Å². The summed E-state index contributed by atoms with van der Waals surface area (Å²) in [7, 11) is 0. The summed E-state index contributed by atoms with van der Waals surface area (Å²) in [6.07, 6.45) is 0. The molecule has 0 saturated heterocycles. The Morgan fingerprint density at radius 1 is 1.56 bits per heavy atom. The standard InChI is InChI=1S/C13H18N4O/c1-8-5-11(10(6-14)9(2)17-8)16-7-13(3,4)12(15)18/h5H,7H2,1-4H3,(H2,15,18)(H,16,17). The lowest BCUT2D eigenvalue weighted by Crippen LogP contribution is -2.37. The fourth-order valence-electron chi connectivity index (χ4n) is 1.51. The summed E-state index contributed by atoms with van der Waals surface area (Å²) < 4.78 is 0. The van der Waals surface area contributed by atoms with Crippen molar-refractivity contribution in [2.45, 2.75) is 27.7 Å². The normalized spacial score (nSPS) is 10.8. The lowest BCUT2D eigenvalue weighted by Gasteiger charge is -2.22. The van der Waals surface area contributed by atoms with Gasteiger partial charge in [0.25, 0.3) is 0 Å². The van der Waals surface area contributed by atoms with Crippen molar-refractivity contribution >= 4 is 11.6 Å². The number of pyridine rings is 1. The first-order chi connectivity index (χ1) is 8.27. The second-order valence-corrected chi connectivity index (χ2v) is 4.99. The number of nitriles is 1. The monoisotopic (exact) mass is 246 g/mol. The van der Waals surface area contributed by atoms with Gasteiger partial charge in [-0.2, -0.15) is 5.26 Å². The molecule has 1 aromatic rings. The number of amides is 1. The summed E-state index contributed by atoms with van der Waals surface area (Å²) in [5.74, 6) is -0.379. The molecule has 0 atom stereocenters. The fraction of sp³-hybridized carbons (Fsp3) is 0.462. The first kappa shape index (κ1) is 14.0. The number of nitrogens with one attached hydrogen (secondary N) is 1. The van der Waals surface area contributed by atoms with E-state index in [1.165, 1.54) is 0 Å². The highest BCUT2D eigenvalue weighted by Crippen LogP contribution is 2.21. The lowest BCUT2D eigenvalue weighted by atomic mass is 9.92. The van der Waals surface area contributed by atoms with Crippen LogP contribution < -0.4 is 11.1 Å². The molecule has 0 aliphatic carbocycles. The van der Waals surface area contributed by atoms with Crippen molar-refractivity contribution in [3.05, 3.63) is 23.0 Å². The van der Waals surface area contributed by atoms with E-state index in [-0.39, 0.29) is 5.91 Å². The van der Waals surface area contributed by atoms with Gasteiger partial charge in [-0.05, 0) is 33.8 Å². The van der Waals surface area contributed by atoms with Gasteiger partial charge in [0.05, 0.1) is 22.4 Å². The van der Waals surface area contributed by atoms with E-state index in [0.29, 0.717) is 23.5 Å². The van der Waals surface area contributed by atoms with Gasteiger partial charge in [-0.25, -0.2) is 0 Å². The molecule has 1 rings (SSSR count). The molecule has 1 heterocycles. The van der Waals surface area contributed by atoms with Crippen LogP contribution in [0, 0.1) is 30.6 Å². The number of carbonyl (C=O) groups excluding carboxylic acids is 1. The number of hydrogen-bond donors (Lipinski definition) is 2. The first-order valence-corrected chi connectivity index (χ1v) is 5.70. The third kappa shape index (κ3) is 2.98. The summed E-state index contributed by atoms with van der Waals surface area (Å²) in [5.41, 5.74) is 7.33. The van der Waals surface area contributed by atoms with Gasteiger partial charge < -0.3 is 11.1 Å². The van der Waals surface area contributed by atoms with Crippen molar-refractivity contribution in [1.82, 2.24) is 4.98 Å². The van der Waals surface area contributed by atoms with Gasteiger partial charge in [0.2, 0.25) is 5.91 Å². The molecule has 0 bridgehead atoms. The Morgan fingerprint density at radius 3 is 2.67 bits per heavy atom. The third-order valence-electron chi connectivity index (χ3n) is 2.83. The maximum absolute atomic E-state index is 11.2. The minimum Gasteiger partial charge on any atom is -0.383 e. The second kappa shape index (κ2) is 5.05. The summed E-state index contributed by atoms with van der Waals surface area (Å²) in [5, 5.41) is 12.2. The van der Waals surface area contributed by atoms with Gasteiger partial charge in [-0.3, -0.25) is 9.78 Å². The molecule has 0 aliphatic rings. The first-order valence-electron chi connectivity index (χ1n) is 5.70. The summed E-state index contributed by atoms with van der Waals surface area (Å²) in [6, 6.07) is 3.91. The minimum absolute atomic E-state index is 0.375. The zero-order valence-electron chi connectivity index (χ0n) is 11.2. The molecule has 1 aromatic heterocycles. The van der Waals surface area contributed by atoms with Crippen LogP contribution in [0.5, 0.6) is 0 Å². The Labute approximate surface area is 107 Å². The summed E-state index contributed by atoms with van der Waals surface area (Å²) >= 11 is 0. The molecule has 0 unspecified atom stereocenters. The Hall–Kier alpha value is -2.09. The van der Waals surface area contributed by atoms with Crippen LogP contribution in [0.2, 0.25) is 0 Å². The fourth-order valence-corrected chi connectivity index (χ4v) is 1.51. The number of rotatable bonds is 4. The predicted molar refractivity (Wildman–Crippen MR) is 69.9 cm³/mol. The van der Waals surface area contributed by atoms with E-state index in [1.807, 2.05) is 6.92 Å². The molecule has 0 saturated carbocycles. The van der Waals surface area contributed by atoms with Gasteiger partial charge in [0, 0.05) is 12.2 Å². The number of nitrogens with two attached hydrogens (primary N) is 1. The average molecular weight is 246 g/mol. The highest BCUT2D eigenvalue weighted by atomic mass is 16.1. The molecule has 0 fully saturated rings. The highest BCUT2D eigenvalue weighted by molar-refractivity contribution is 5.80. The molecule has 18 heavy (non-hydrogen) atoms. The number of aryl methyl sites for hydroxylation is 2. The van der Waals surface area contributed by atoms with E-state index in [9.17, 15) is 4.79 Å². The number of hydrogen-bond acceptors (Lipinski definition) is 4. The summed E-state index contributed by atoms with van der Waals surface area (Å²) in [6.45, 7) is 7.54. The molecule has 1 amide bonds. The Bertz CT molecular complexity index is 514. The number of carbonyl (C=O) groups is 1. The quantitative estimate of drug-likeness (QED) is 0.842. The molecule has 0 spiro atoms. The van der Waals surface area contributed by atoms with Crippen molar-refractivity contribution in [2.24, 2.45) is 11.1 Å². The zero-order chi connectivity index (χ0) is 13.9. The van der Waals surface area contributed by atoms with Crippen molar-refractivity contribution in [1.29, 1.82) is 5.26 Å². The molecule has 5 heteroatoms. The molecule has 0 aliphatic heterocycles. The second-order valence-electron chi connectivity index (χ2n) is 4.99. The van der Waals surface area contributed by atoms with Gasteiger partial charge in [0.15, 0.2) is 0 Å². The number of aromatic nitrogens is 1. The van der Waals surface area contributed by atoms with Crippen LogP contribution in [0.15, 0.2) is 6.07 Å². The lowest BCUT2D eigenvalue weighted by molar-refractivity contribution is -0.125. The minimum atomic E-state index is -0.669. The third-order valence-corrected chi connectivity index (χ3v) is 2.83. The van der Waals surface area contributed by atoms with Crippen LogP contribution in [0.1, 0.15) is 30.8 Å². The molecule has 5 nitrogen and oxygen atoms in total. The molecule has 0 radical (unpaired) electrons. The van der Waals surface area contributed by atoms with Crippen LogP contribution in [0.3, 0.4) is 0 Å². The van der Waals surface area contributed by atoms with E-state index >= 15 is 0 Å². The van der Waals surface area contributed by atoms with Crippen molar-refractivity contribution in [3.8, 4) is 6.07 Å². The van der Waals surface area contributed by atoms with Crippen LogP contribution in [-0.2, 0) is 4.79 Å². The van der Waals surface area contributed by atoms with Crippen molar-refractivity contribution in [3.63, 3.8) is 0 Å². The van der Waals surface area contributed by atoms with Crippen molar-refractivity contribution < 1.29 is 4.79 Å². The van der Waals surface area contributed by atoms with E-state index in [2.05, 4.69) is 16.4 Å².